The van der Waals surface area contributed by atoms with E-state index in [1.54, 1.807) is 21.2 Å². The van der Waals surface area contributed by atoms with Gasteiger partial charge in [0, 0.05) is 32.1 Å². The summed E-state index contributed by atoms with van der Waals surface area (Å²) in [6.45, 7) is 1.84. The number of carbonyl (C=O) groups is 2. The molecule has 138 valence electrons. The fourth-order valence-corrected chi connectivity index (χ4v) is 2.55. The predicted octanol–water partition coefficient (Wildman–Crippen LogP) is 3.35. The zero-order valence-electron chi connectivity index (χ0n) is 15.6. The zero-order valence-corrected chi connectivity index (χ0v) is 15.6. The van der Waals surface area contributed by atoms with Crippen LogP contribution in [0, 0.1) is 0 Å². The van der Waals surface area contributed by atoms with Crippen molar-refractivity contribution >= 4 is 17.6 Å². The number of nitrogens with one attached hydrogen (secondary N) is 2. The minimum atomic E-state index is -0.267. The summed E-state index contributed by atoms with van der Waals surface area (Å²) in [5.74, 6) is 0.647. The van der Waals surface area contributed by atoms with Crippen molar-refractivity contribution in [3.8, 4) is 16.9 Å². The molecule has 0 spiro atoms. The minimum absolute atomic E-state index is 0.103. The quantitative estimate of drug-likeness (QED) is 0.835. The first-order valence-electron chi connectivity index (χ1n) is 8.44. The van der Waals surface area contributed by atoms with Crippen molar-refractivity contribution in [2.45, 2.75) is 19.4 Å². The van der Waals surface area contributed by atoms with E-state index in [1.807, 2.05) is 55.5 Å². The van der Waals surface area contributed by atoms with E-state index in [-0.39, 0.29) is 24.4 Å². The van der Waals surface area contributed by atoms with Gasteiger partial charge in [-0.2, -0.15) is 0 Å². The molecule has 0 unspecified atom stereocenters. The van der Waals surface area contributed by atoms with Crippen LogP contribution in [0.5, 0.6) is 5.75 Å². The molecule has 2 aromatic rings. The maximum Gasteiger partial charge on any atom is 0.321 e. The Morgan fingerprint density at radius 3 is 2.58 bits per heavy atom. The lowest BCUT2D eigenvalue weighted by Gasteiger charge is -2.25. The summed E-state index contributed by atoms with van der Waals surface area (Å²) in [6.07, 6.45) is 0.248. The van der Waals surface area contributed by atoms with Gasteiger partial charge in [0.1, 0.15) is 5.75 Å². The van der Waals surface area contributed by atoms with Gasteiger partial charge in [0.15, 0.2) is 0 Å². The number of ether oxygens (including phenoxy) is 1. The van der Waals surface area contributed by atoms with Gasteiger partial charge in [-0.25, -0.2) is 4.79 Å². The van der Waals surface area contributed by atoms with E-state index in [1.165, 1.54) is 4.90 Å². The first-order chi connectivity index (χ1) is 12.5. The molecule has 2 aromatic carbocycles. The molecule has 2 N–H and O–H groups in total. The van der Waals surface area contributed by atoms with E-state index in [0.717, 1.165) is 16.9 Å². The molecule has 0 heterocycles. The highest BCUT2D eigenvalue weighted by molar-refractivity contribution is 5.94. The van der Waals surface area contributed by atoms with Gasteiger partial charge in [0.25, 0.3) is 0 Å². The van der Waals surface area contributed by atoms with E-state index >= 15 is 0 Å². The van der Waals surface area contributed by atoms with Gasteiger partial charge in [0.2, 0.25) is 5.91 Å². The fraction of sp³-hybridized carbons (Fsp3) is 0.300. The third-order valence-corrected chi connectivity index (χ3v) is 4.29. The minimum Gasteiger partial charge on any atom is -0.497 e. The molecule has 2 rings (SSSR count). The van der Waals surface area contributed by atoms with Gasteiger partial charge in [-0.3, -0.25) is 4.79 Å². The summed E-state index contributed by atoms with van der Waals surface area (Å²) in [6, 6.07) is 14.8. The SMILES string of the molecule is CNC(=O)C[C@H](C)N(C)C(=O)Nc1ccccc1-c1cccc(OC)c1. The Morgan fingerprint density at radius 1 is 1.15 bits per heavy atom. The van der Waals surface area contributed by atoms with Crippen molar-refractivity contribution in [3.63, 3.8) is 0 Å². The highest BCUT2D eigenvalue weighted by Gasteiger charge is 2.19. The molecule has 6 heteroatoms. The standard InChI is InChI=1S/C20H25N3O3/c1-14(12-19(24)21-2)23(3)20(25)22-18-11-6-5-10-17(18)15-8-7-9-16(13-15)26-4/h5-11,13-14H,12H2,1-4H3,(H,21,24)(H,22,25)/t14-/m0/s1. The number of nitrogens with zero attached hydrogens (tertiary/aromatic N) is 1. The Bertz CT molecular complexity index is 776. The third-order valence-electron chi connectivity index (χ3n) is 4.29. The van der Waals surface area contributed by atoms with Crippen molar-refractivity contribution in [2.24, 2.45) is 0 Å². The van der Waals surface area contributed by atoms with Gasteiger partial charge < -0.3 is 20.3 Å². The number of urea groups is 1. The number of para-hydroxylation sites is 1. The summed E-state index contributed by atoms with van der Waals surface area (Å²) < 4.78 is 5.28. The summed E-state index contributed by atoms with van der Waals surface area (Å²) in [5, 5.41) is 5.50. The van der Waals surface area contributed by atoms with E-state index in [2.05, 4.69) is 10.6 Å². The Hall–Kier alpha value is -3.02. The molecule has 1 atom stereocenters. The lowest BCUT2D eigenvalue weighted by Crippen LogP contribution is -2.40. The summed E-state index contributed by atoms with van der Waals surface area (Å²) in [4.78, 5) is 25.6. The zero-order chi connectivity index (χ0) is 19.1. The second-order valence-corrected chi connectivity index (χ2v) is 6.04. The lowest BCUT2D eigenvalue weighted by atomic mass is 10.0. The Balaban J connectivity index is 2.19. The van der Waals surface area contributed by atoms with Crippen molar-refractivity contribution in [1.29, 1.82) is 0 Å². The van der Waals surface area contributed by atoms with E-state index in [9.17, 15) is 9.59 Å². The molecule has 0 aliphatic carbocycles. The van der Waals surface area contributed by atoms with Crippen LogP contribution < -0.4 is 15.4 Å². The van der Waals surface area contributed by atoms with Crippen molar-refractivity contribution < 1.29 is 14.3 Å². The predicted molar refractivity (Wildman–Crippen MR) is 103 cm³/mol. The van der Waals surface area contributed by atoms with Crippen LogP contribution in [0.3, 0.4) is 0 Å². The molecule has 6 nitrogen and oxygen atoms in total. The molecular weight excluding hydrogens is 330 g/mol. The van der Waals surface area contributed by atoms with Crippen molar-refractivity contribution in [3.05, 3.63) is 48.5 Å². The van der Waals surface area contributed by atoms with Crippen LogP contribution in [-0.4, -0.2) is 44.1 Å². The first-order valence-corrected chi connectivity index (χ1v) is 8.44. The number of benzene rings is 2. The van der Waals surface area contributed by atoms with Gasteiger partial charge in [-0.1, -0.05) is 30.3 Å². The molecule has 0 radical (unpaired) electrons. The number of anilines is 1. The molecule has 0 saturated heterocycles. The average Bonchev–Trinajstić information content (AvgIpc) is 2.67. The molecular formula is C20H25N3O3. The summed E-state index contributed by atoms with van der Waals surface area (Å²) >= 11 is 0. The van der Waals surface area contributed by atoms with Crippen molar-refractivity contribution in [1.82, 2.24) is 10.2 Å². The Morgan fingerprint density at radius 2 is 1.88 bits per heavy atom. The third kappa shape index (κ3) is 4.75. The second kappa shape index (κ2) is 8.89. The van der Waals surface area contributed by atoms with Crippen LogP contribution in [0.15, 0.2) is 48.5 Å². The lowest BCUT2D eigenvalue weighted by molar-refractivity contribution is -0.121. The van der Waals surface area contributed by atoms with E-state index < -0.39 is 0 Å². The second-order valence-electron chi connectivity index (χ2n) is 6.04. The molecule has 0 saturated carbocycles. The Kier molecular flexibility index (Phi) is 6.60. The molecule has 0 aliphatic rings. The fourth-order valence-electron chi connectivity index (χ4n) is 2.55. The van der Waals surface area contributed by atoms with Gasteiger partial charge in [0.05, 0.1) is 12.8 Å². The Labute approximate surface area is 154 Å². The highest BCUT2D eigenvalue weighted by atomic mass is 16.5. The van der Waals surface area contributed by atoms with E-state index in [0.29, 0.717) is 5.69 Å². The summed E-state index contributed by atoms with van der Waals surface area (Å²) in [7, 11) is 4.88. The number of rotatable bonds is 6. The molecule has 0 fully saturated rings. The number of hydrogen-bond acceptors (Lipinski definition) is 3. The molecule has 0 bridgehead atoms. The van der Waals surface area contributed by atoms with Crippen LogP contribution >= 0.6 is 0 Å². The van der Waals surface area contributed by atoms with Crippen LogP contribution in [0.1, 0.15) is 13.3 Å². The smallest absolute Gasteiger partial charge is 0.321 e. The largest absolute Gasteiger partial charge is 0.497 e. The van der Waals surface area contributed by atoms with Crippen molar-refractivity contribution in [2.75, 3.05) is 26.5 Å². The van der Waals surface area contributed by atoms with Crippen LogP contribution in [0.4, 0.5) is 10.5 Å². The number of hydrogen-bond donors (Lipinski definition) is 2. The monoisotopic (exact) mass is 355 g/mol. The summed E-state index contributed by atoms with van der Waals surface area (Å²) in [5.41, 5.74) is 2.54. The maximum atomic E-state index is 12.6. The molecule has 0 aromatic heterocycles. The van der Waals surface area contributed by atoms with Gasteiger partial charge in [-0.05, 0) is 30.7 Å². The highest BCUT2D eigenvalue weighted by Crippen LogP contribution is 2.30. The van der Waals surface area contributed by atoms with Crippen LogP contribution in [0.25, 0.3) is 11.1 Å². The van der Waals surface area contributed by atoms with Crippen LogP contribution in [0.2, 0.25) is 0 Å². The topological polar surface area (TPSA) is 70.7 Å². The van der Waals surface area contributed by atoms with Crippen LogP contribution in [-0.2, 0) is 4.79 Å². The number of amides is 3. The maximum absolute atomic E-state index is 12.6. The first kappa shape index (κ1) is 19.3. The molecule has 0 aliphatic heterocycles. The average molecular weight is 355 g/mol. The molecule has 3 amide bonds. The normalized spacial score (nSPS) is 11.4. The van der Waals surface area contributed by atoms with Gasteiger partial charge >= 0.3 is 6.03 Å². The number of carbonyl (C=O) groups excluding carboxylic acids is 2. The molecule has 26 heavy (non-hydrogen) atoms. The van der Waals surface area contributed by atoms with E-state index in [4.69, 9.17) is 4.74 Å². The van der Waals surface area contributed by atoms with Gasteiger partial charge in [-0.15, -0.1) is 0 Å². The number of methoxy groups -OCH3 is 1.